The smallest absolute Gasteiger partial charge is 0.326 e. The maximum absolute atomic E-state index is 14.3. The Kier molecular flexibility index (Phi) is 21.6. The molecule has 4 amide bonds. The van der Waals surface area contributed by atoms with Gasteiger partial charge in [0.25, 0.3) is 17.1 Å². The van der Waals surface area contributed by atoms with E-state index in [9.17, 15) is 79.2 Å². The lowest BCUT2D eigenvalue weighted by Gasteiger charge is -2.35. The lowest BCUT2D eigenvalue weighted by Crippen LogP contribution is -2.53. The number of non-ortho nitro benzene ring substituents is 3. The zero-order valence-electron chi connectivity index (χ0n) is 49.0. The van der Waals surface area contributed by atoms with Crippen molar-refractivity contribution in [3.63, 3.8) is 0 Å². The van der Waals surface area contributed by atoms with Gasteiger partial charge < -0.3 is 57.3 Å². The van der Waals surface area contributed by atoms with Gasteiger partial charge in [-0.05, 0) is 90.6 Å². The van der Waals surface area contributed by atoms with E-state index in [0.717, 1.165) is 0 Å². The molecule has 0 aliphatic heterocycles. The van der Waals surface area contributed by atoms with Crippen LogP contribution >= 0.6 is 35.3 Å². The van der Waals surface area contributed by atoms with Crippen molar-refractivity contribution in [1.29, 1.82) is 0 Å². The molecule has 30 heteroatoms. The van der Waals surface area contributed by atoms with Crippen LogP contribution in [0.25, 0.3) is 32.7 Å². The monoisotopic (exact) mass is 1320 g/mol. The number of H-pyrrole nitrogens is 3. The number of nitrogens with two attached hydrogens (primary N) is 1. The topological polar surface area (TPSA) is 431 Å². The second-order valence-electron chi connectivity index (χ2n) is 21.5. The van der Waals surface area contributed by atoms with Crippen molar-refractivity contribution in [3.8, 4) is 0 Å². The molecular formula is C63H59N11O16S3. The molecule has 0 radical (unpaired) electrons. The van der Waals surface area contributed by atoms with E-state index in [1.807, 2.05) is 0 Å². The average molecular weight is 1320 g/mol. The molecule has 0 fully saturated rings. The van der Waals surface area contributed by atoms with Crippen LogP contribution in [0, 0.1) is 30.3 Å². The summed E-state index contributed by atoms with van der Waals surface area (Å²) >= 11 is 3.54. The number of fused-ring (bicyclic) bond motifs is 3. The molecule has 0 aliphatic carbocycles. The first kappa shape index (κ1) is 66.8. The number of rotatable bonds is 32. The number of nitro groups is 3. The van der Waals surface area contributed by atoms with E-state index in [0.29, 0.717) is 79.2 Å². The molecule has 0 bridgehead atoms. The number of aliphatic carboxylic acids is 3. The maximum atomic E-state index is 14.3. The Balaban J connectivity index is 0.968. The van der Waals surface area contributed by atoms with Crippen molar-refractivity contribution in [2.75, 3.05) is 6.54 Å². The number of nitrogens with one attached hydrogen (secondary N) is 7. The van der Waals surface area contributed by atoms with Crippen LogP contribution < -0.4 is 27.0 Å². The maximum Gasteiger partial charge on any atom is 0.326 e. The Morgan fingerprint density at radius 3 is 0.946 bits per heavy atom. The summed E-state index contributed by atoms with van der Waals surface area (Å²) < 4.78 is 0. The van der Waals surface area contributed by atoms with Gasteiger partial charge in [-0.3, -0.25) is 49.5 Å². The van der Waals surface area contributed by atoms with E-state index in [1.54, 1.807) is 72.8 Å². The second-order valence-corrected chi connectivity index (χ2v) is 24.8. The summed E-state index contributed by atoms with van der Waals surface area (Å²) in [6.07, 6.45) is -3.58. The zero-order valence-corrected chi connectivity index (χ0v) is 51.4. The molecule has 6 aromatic carbocycles. The lowest BCUT2D eigenvalue weighted by molar-refractivity contribution is -0.385. The highest BCUT2D eigenvalue weighted by molar-refractivity contribution is 7.99. The van der Waals surface area contributed by atoms with Gasteiger partial charge in [-0.2, -0.15) is 0 Å². The standard InChI is InChI=1S/C63H59N11O16S3/c64-34-56(78)71-63(28-25-53(75)65-50(60(79)80)31-44-41-7-1-4-10-47(41)68-57(44)91-38-19-13-35(14-20-38)72(85)86,29-26-54(76)66-51(61(81)82)32-45-42-8-2-5-11-48(42)69-58(45)92-39-21-15-36(16-22-39)73(87)88)30-27-55(77)67-52(62(83)84)33-46-43-9-3-6-12-49(43)70-59(46)93-40-23-17-37(18-24-40)74(89)90/h1-24,50-52,68-70H,25-34,64H2,(H,65,75)(H,66,76)(H,67,77)(H,71,78)(H,79,80)(H,81,82)(H,83,84). The molecule has 0 aliphatic rings. The third-order valence-corrected chi connectivity index (χ3v) is 18.5. The number of benzene rings is 6. The predicted molar refractivity (Wildman–Crippen MR) is 344 cm³/mol. The van der Waals surface area contributed by atoms with E-state index in [-0.39, 0.29) is 55.6 Å². The van der Waals surface area contributed by atoms with Crippen molar-refractivity contribution in [1.82, 2.24) is 36.2 Å². The van der Waals surface area contributed by atoms with Gasteiger partial charge in [-0.15, -0.1) is 0 Å². The highest BCUT2D eigenvalue weighted by atomic mass is 32.2. The fourth-order valence-corrected chi connectivity index (χ4v) is 13.6. The van der Waals surface area contributed by atoms with Crippen molar-refractivity contribution in [2.45, 2.75) is 111 Å². The third kappa shape index (κ3) is 17.1. The molecule has 0 spiro atoms. The van der Waals surface area contributed by atoms with Crippen LogP contribution in [-0.4, -0.2) is 117 Å². The van der Waals surface area contributed by atoms with Crippen LogP contribution in [-0.2, 0) is 52.8 Å². The van der Waals surface area contributed by atoms with Gasteiger partial charge in [-0.25, -0.2) is 14.4 Å². The Hall–Kier alpha value is -10.6. The van der Waals surface area contributed by atoms with Crippen molar-refractivity contribution >= 4 is 127 Å². The summed E-state index contributed by atoms with van der Waals surface area (Å²) in [5.74, 6) is -7.61. The second kappa shape index (κ2) is 30.0. The van der Waals surface area contributed by atoms with Gasteiger partial charge in [-0.1, -0.05) is 89.9 Å². The average Bonchev–Trinajstić information content (AvgIpc) is 1.68. The van der Waals surface area contributed by atoms with Gasteiger partial charge >= 0.3 is 17.9 Å². The number of hydrogen-bond donors (Lipinski definition) is 11. The van der Waals surface area contributed by atoms with Crippen molar-refractivity contribution in [3.05, 3.63) is 193 Å². The number of nitrogens with zero attached hydrogens (tertiary/aromatic N) is 3. The van der Waals surface area contributed by atoms with Crippen molar-refractivity contribution in [2.24, 2.45) is 5.73 Å². The SMILES string of the molecule is NCC(=O)NC(CCC(=O)NC(Cc1c(Sc2ccc([N+](=O)[O-])cc2)[nH]c2ccccc12)C(=O)O)(CCC(=O)NC(Cc1c(Sc2ccc([N+](=O)[O-])cc2)[nH]c2ccccc12)C(=O)O)CCC(=O)NC(Cc1c(Sc2ccc([N+](=O)[O-])cc2)[nH]c2ccccc12)C(=O)O. The molecule has 9 rings (SSSR count). The lowest BCUT2D eigenvalue weighted by atomic mass is 9.82. The van der Waals surface area contributed by atoms with Gasteiger partial charge in [0.05, 0.1) is 36.4 Å². The summed E-state index contributed by atoms with van der Waals surface area (Å²) in [6, 6.07) is 33.5. The largest absolute Gasteiger partial charge is 0.480 e. The fourth-order valence-electron chi connectivity index (χ4n) is 10.6. The Bertz CT molecular complexity index is 3910. The van der Waals surface area contributed by atoms with Crippen molar-refractivity contribution < 1.29 is 63.7 Å². The number of nitro benzene ring substituents is 3. The van der Waals surface area contributed by atoms with Crippen LogP contribution in [0.1, 0.15) is 55.2 Å². The first-order valence-electron chi connectivity index (χ1n) is 28.7. The molecule has 12 N–H and O–H groups in total. The quantitative estimate of drug-likeness (QED) is 0.0138. The molecule has 3 unspecified atom stereocenters. The molecular weight excluding hydrogens is 1260 g/mol. The minimum atomic E-state index is -1.74. The van der Waals surface area contributed by atoms with Crippen LogP contribution in [0.4, 0.5) is 17.1 Å². The normalized spacial score (nSPS) is 12.9. The van der Waals surface area contributed by atoms with E-state index in [4.69, 9.17) is 5.73 Å². The van der Waals surface area contributed by atoms with E-state index < -0.39 is 106 Å². The Morgan fingerprint density at radius 2 is 0.699 bits per heavy atom. The third-order valence-electron chi connectivity index (χ3n) is 15.3. The van der Waals surface area contributed by atoms with Crippen LogP contribution in [0.15, 0.2) is 175 Å². The van der Waals surface area contributed by atoms with E-state index in [1.165, 1.54) is 108 Å². The molecule has 3 atom stereocenters. The number of carbonyl (C=O) groups excluding carboxylic acids is 4. The summed E-state index contributed by atoms with van der Waals surface area (Å²) in [6.45, 7) is -0.629. The highest BCUT2D eigenvalue weighted by Crippen LogP contribution is 2.39. The van der Waals surface area contributed by atoms with Crippen LogP contribution in [0.2, 0.25) is 0 Å². The first-order valence-corrected chi connectivity index (χ1v) is 31.1. The summed E-state index contributed by atoms with van der Waals surface area (Å²) in [5.41, 5.74) is 7.09. The molecule has 93 heavy (non-hydrogen) atoms. The summed E-state index contributed by atoms with van der Waals surface area (Å²) in [5, 5.41) is 79.9. The predicted octanol–water partition coefficient (Wildman–Crippen LogP) is 9.20. The molecule has 27 nitrogen and oxygen atoms in total. The van der Waals surface area contributed by atoms with Crippen LogP contribution in [0.5, 0.6) is 0 Å². The van der Waals surface area contributed by atoms with Gasteiger partial charge in [0, 0.05) is 128 Å². The van der Waals surface area contributed by atoms with E-state index in [2.05, 4.69) is 36.2 Å². The fraction of sp³-hybridized carbons (Fsp3) is 0.222. The number of carboxylic acids is 3. The molecule has 480 valence electrons. The molecule has 3 aromatic heterocycles. The number of para-hydroxylation sites is 3. The molecule has 9 aromatic rings. The summed E-state index contributed by atoms with van der Waals surface area (Å²) in [7, 11) is 0. The van der Waals surface area contributed by atoms with E-state index >= 15 is 0 Å². The van der Waals surface area contributed by atoms with Gasteiger partial charge in [0.15, 0.2) is 0 Å². The number of carboxylic acid groups (broad SMARTS) is 3. The molecule has 3 heterocycles. The van der Waals surface area contributed by atoms with Gasteiger partial charge in [0.1, 0.15) is 18.1 Å². The summed E-state index contributed by atoms with van der Waals surface area (Å²) in [4.78, 5) is 140. The number of carbonyl (C=O) groups is 7. The Morgan fingerprint density at radius 1 is 0.430 bits per heavy atom. The number of aromatic nitrogens is 3. The first-order chi connectivity index (χ1) is 44.5. The Labute approximate surface area is 539 Å². The minimum Gasteiger partial charge on any atom is -0.480 e. The number of hydrogen-bond acceptors (Lipinski definition) is 17. The number of aromatic amines is 3. The van der Waals surface area contributed by atoms with Crippen LogP contribution in [0.3, 0.4) is 0 Å². The van der Waals surface area contributed by atoms with Gasteiger partial charge in [0.2, 0.25) is 23.6 Å². The number of amides is 4. The minimum absolute atomic E-state index is 0.139. The zero-order chi connectivity index (χ0) is 66.5. The molecule has 0 saturated carbocycles. The highest BCUT2D eigenvalue weighted by Gasteiger charge is 2.36. The molecule has 0 saturated heterocycles.